The van der Waals surface area contributed by atoms with Crippen molar-refractivity contribution in [3.63, 3.8) is 0 Å². The van der Waals surface area contributed by atoms with E-state index < -0.39 is 5.97 Å². The van der Waals surface area contributed by atoms with Gasteiger partial charge in [-0.3, -0.25) is 4.79 Å². The van der Waals surface area contributed by atoms with Crippen molar-refractivity contribution >= 4 is 46.3 Å². The molecule has 0 aliphatic carbocycles. The van der Waals surface area contributed by atoms with Gasteiger partial charge in [-0.2, -0.15) is 0 Å². The Morgan fingerprint density at radius 2 is 2.12 bits per heavy atom. The van der Waals surface area contributed by atoms with Crippen LogP contribution in [0.25, 0.3) is 17.4 Å². The summed E-state index contributed by atoms with van der Waals surface area (Å²) in [4.78, 5) is 23.1. The number of carboxylic acid groups (broad SMARTS) is 1. The number of hydrogen-bond donors (Lipinski definition) is 3. The third-order valence-corrected chi connectivity index (χ3v) is 4.54. The number of rotatable bonds is 3. The molecule has 1 saturated heterocycles. The minimum atomic E-state index is -1.21. The van der Waals surface area contributed by atoms with Crippen LogP contribution in [-0.2, 0) is 4.79 Å². The first-order chi connectivity index (χ1) is 11.3. The Balaban J connectivity index is 1.96. The molecule has 24 heavy (non-hydrogen) atoms. The van der Waals surface area contributed by atoms with Crippen molar-refractivity contribution in [3.05, 3.63) is 46.1 Å². The predicted molar refractivity (Wildman–Crippen MR) is 93.8 cm³/mol. The van der Waals surface area contributed by atoms with Gasteiger partial charge in [0.2, 0.25) is 0 Å². The first-order valence-corrected chi connectivity index (χ1v) is 7.99. The number of hydrogen-bond acceptors (Lipinski definition) is 6. The van der Waals surface area contributed by atoms with Crippen molar-refractivity contribution < 1.29 is 24.2 Å². The molecule has 1 aromatic carbocycles. The molecule has 1 amide bonds. The van der Waals surface area contributed by atoms with Crippen molar-refractivity contribution in [2.45, 2.75) is 6.92 Å². The highest BCUT2D eigenvalue weighted by Gasteiger charge is 2.23. The molecule has 0 spiro atoms. The second-order valence-corrected chi connectivity index (χ2v) is 6.77. The molecule has 8 heteroatoms. The van der Waals surface area contributed by atoms with E-state index >= 15 is 0 Å². The van der Waals surface area contributed by atoms with E-state index in [-0.39, 0.29) is 17.2 Å². The van der Waals surface area contributed by atoms with E-state index in [4.69, 9.17) is 21.7 Å². The van der Waals surface area contributed by atoms with Crippen molar-refractivity contribution in [2.75, 3.05) is 0 Å². The standard InChI is InChI=1S/C16H11NO5S2/c1-7-4-12(8-2-3-9(15(20)21)10(18)5-8)22-11(7)6-13-14(19)17-16(23)24-13/h2-6,18H,1H3,(H,20,21)(H,17,19,23)/b13-6-. The van der Waals surface area contributed by atoms with E-state index in [9.17, 15) is 14.7 Å². The van der Waals surface area contributed by atoms with Gasteiger partial charge >= 0.3 is 5.97 Å². The Hall–Kier alpha value is -2.58. The average Bonchev–Trinajstić information content (AvgIpc) is 3.02. The molecular weight excluding hydrogens is 350 g/mol. The Kier molecular flexibility index (Phi) is 4.16. The van der Waals surface area contributed by atoms with E-state index in [2.05, 4.69) is 5.32 Å². The lowest BCUT2D eigenvalue weighted by molar-refractivity contribution is -0.115. The fourth-order valence-corrected chi connectivity index (χ4v) is 3.20. The molecule has 0 atom stereocenters. The van der Waals surface area contributed by atoms with Gasteiger partial charge in [0.05, 0.1) is 4.91 Å². The average molecular weight is 361 g/mol. The van der Waals surface area contributed by atoms with Crippen LogP contribution >= 0.6 is 24.0 Å². The van der Waals surface area contributed by atoms with Crippen LogP contribution in [0, 0.1) is 6.92 Å². The first-order valence-electron chi connectivity index (χ1n) is 6.77. The van der Waals surface area contributed by atoms with Crippen LogP contribution in [0.5, 0.6) is 5.75 Å². The maximum absolute atomic E-state index is 11.7. The van der Waals surface area contributed by atoms with Gasteiger partial charge in [-0.1, -0.05) is 30.0 Å². The molecular formula is C16H11NO5S2. The molecule has 2 aromatic rings. The predicted octanol–water partition coefficient (Wildman–Crippen LogP) is 3.15. The van der Waals surface area contributed by atoms with Crippen molar-refractivity contribution in [1.29, 1.82) is 0 Å². The maximum atomic E-state index is 11.7. The summed E-state index contributed by atoms with van der Waals surface area (Å²) in [7, 11) is 0. The number of carboxylic acids is 1. The van der Waals surface area contributed by atoms with Crippen molar-refractivity contribution in [3.8, 4) is 17.1 Å². The Bertz CT molecular complexity index is 913. The van der Waals surface area contributed by atoms with E-state index in [1.165, 1.54) is 12.1 Å². The number of benzene rings is 1. The van der Waals surface area contributed by atoms with Gasteiger partial charge in [0, 0.05) is 11.6 Å². The van der Waals surface area contributed by atoms with Gasteiger partial charge in [-0.25, -0.2) is 4.79 Å². The second-order valence-electron chi connectivity index (χ2n) is 5.05. The zero-order valence-electron chi connectivity index (χ0n) is 12.3. The highest BCUT2D eigenvalue weighted by Crippen LogP contribution is 2.32. The lowest BCUT2D eigenvalue weighted by atomic mass is 10.1. The van der Waals surface area contributed by atoms with Crippen LogP contribution in [0.2, 0.25) is 0 Å². The fourth-order valence-electron chi connectivity index (χ4n) is 2.19. The zero-order valence-corrected chi connectivity index (χ0v) is 14.0. The third kappa shape index (κ3) is 3.06. The smallest absolute Gasteiger partial charge is 0.339 e. The molecule has 1 aromatic heterocycles. The van der Waals surface area contributed by atoms with Crippen LogP contribution in [0.4, 0.5) is 0 Å². The summed E-state index contributed by atoms with van der Waals surface area (Å²) in [5.74, 6) is -0.872. The van der Waals surface area contributed by atoms with E-state index in [1.807, 2.05) is 6.92 Å². The number of nitrogens with one attached hydrogen (secondary N) is 1. The highest BCUT2D eigenvalue weighted by molar-refractivity contribution is 8.26. The molecule has 1 fully saturated rings. The van der Waals surface area contributed by atoms with Crippen LogP contribution < -0.4 is 5.32 Å². The number of aromatic carboxylic acids is 1. The molecule has 1 aliphatic heterocycles. The minimum absolute atomic E-state index is 0.183. The van der Waals surface area contributed by atoms with Crippen LogP contribution in [0.1, 0.15) is 21.7 Å². The normalized spacial score (nSPS) is 15.8. The molecule has 6 nitrogen and oxygen atoms in total. The number of thiocarbonyl (C=S) groups is 1. The van der Waals surface area contributed by atoms with Crippen LogP contribution in [0.15, 0.2) is 33.6 Å². The quantitative estimate of drug-likeness (QED) is 0.570. The maximum Gasteiger partial charge on any atom is 0.339 e. The molecule has 2 heterocycles. The number of aryl methyl sites for hydroxylation is 1. The van der Waals surface area contributed by atoms with Crippen LogP contribution in [-0.4, -0.2) is 26.4 Å². The molecule has 0 unspecified atom stereocenters. The van der Waals surface area contributed by atoms with Crippen molar-refractivity contribution in [1.82, 2.24) is 5.32 Å². The lowest BCUT2D eigenvalue weighted by Crippen LogP contribution is -2.17. The zero-order chi connectivity index (χ0) is 17.4. The summed E-state index contributed by atoms with van der Waals surface area (Å²) in [5, 5.41) is 21.3. The third-order valence-electron chi connectivity index (χ3n) is 3.37. The number of furan rings is 1. The number of thioether (sulfide) groups is 1. The van der Waals surface area contributed by atoms with E-state index in [0.717, 1.165) is 17.3 Å². The molecule has 0 radical (unpaired) electrons. The molecule has 122 valence electrons. The van der Waals surface area contributed by atoms with Crippen molar-refractivity contribution in [2.24, 2.45) is 0 Å². The van der Waals surface area contributed by atoms with Gasteiger partial charge in [0.25, 0.3) is 5.91 Å². The fraction of sp³-hybridized carbons (Fsp3) is 0.0625. The summed E-state index contributed by atoms with van der Waals surface area (Å²) in [6.07, 6.45) is 1.60. The second kappa shape index (κ2) is 6.14. The summed E-state index contributed by atoms with van der Waals surface area (Å²) in [5.41, 5.74) is 1.15. The SMILES string of the molecule is Cc1cc(-c2ccc(C(=O)O)c(O)c2)oc1/C=C1\SC(=S)NC1=O. The lowest BCUT2D eigenvalue weighted by Gasteiger charge is -2.02. The summed E-state index contributed by atoms with van der Waals surface area (Å²) in [6.45, 7) is 1.82. The Morgan fingerprint density at radius 3 is 2.71 bits per heavy atom. The van der Waals surface area contributed by atoms with Gasteiger partial charge in [0.15, 0.2) is 0 Å². The minimum Gasteiger partial charge on any atom is -0.507 e. The van der Waals surface area contributed by atoms with Gasteiger partial charge in [-0.05, 0) is 30.7 Å². The van der Waals surface area contributed by atoms with Gasteiger partial charge in [-0.15, -0.1) is 0 Å². The topological polar surface area (TPSA) is 99.8 Å². The summed E-state index contributed by atoms with van der Waals surface area (Å²) >= 11 is 6.09. The Labute approximate surface area is 146 Å². The van der Waals surface area contributed by atoms with E-state index in [0.29, 0.717) is 26.3 Å². The molecule has 1 aliphatic rings. The number of carbonyl (C=O) groups is 2. The summed E-state index contributed by atoms with van der Waals surface area (Å²) < 4.78 is 6.12. The van der Waals surface area contributed by atoms with Crippen LogP contribution in [0.3, 0.4) is 0 Å². The Morgan fingerprint density at radius 1 is 1.38 bits per heavy atom. The molecule has 0 saturated carbocycles. The number of phenols is 1. The number of amides is 1. The monoisotopic (exact) mass is 361 g/mol. The van der Waals surface area contributed by atoms with Gasteiger partial charge in [0.1, 0.15) is 27.2 Å². The van der Waals surface area contributed by atoms with Gasteiger partial charge < -0.3 is 19.9 Å². The largest absolute Gasteiger partial charge is 0.507 e. The summed E-state index contributed by atoms with van der Waals surface area (Å²) in [6, 6.07) is 5.93. The molecule has 3 N–H and O–H groups in total. The van der Waals surface area contributed by atoms with E-state index in [1.54, 1.807) is 18.2 Å². The molecule has 0 bridgehead atoms. The molecule has 3 rings (SSSR count). The number of carbonyl (C=O) groups excluding carboxylic acids is 1. The number of aromatic hydroxyl groups is 1. The first kappa shape index (κ1) is 16.3. The highest BCUT2D eigenvalue weighted by atomic mass is 32.2.